The summed E-state index contributed by atoms with van der Waals surface area (Å²) < 4.78 is 39.4. The van der Waals surface area contributed by atoms with E-state index in [2.05, 4.69) is 20.5 Å². The van der Waals surface area contributed by atoms with Crippen molar-refractivity contribution in [3.8, 4) is 23.0 Å². The van der Waals surface area contributed by atoms with Crippen LogP contribution in [-0.2, 0) is 17.9 Å². The van der Waals surface area contributed by atoms with Crippen molar-refractivity contribution < 1.29 is 18.0 Å². The predicted molar refractivity (Wildman–Crippen MR) is 92.6 cm³/mol. The molecule has 0 spiro atoms. The number of ether oxygens (including phenoxy) is 1. The molecule has 28 heavy (non-hydrogen) atoms. The molecule has 0 aliphatic carbocycles. The van der Waals surface area contributed by atoms with Crippen LogP contribution in [0, 0.1) is 11.6 Å². The molecule has 0 fully saturated rings. The number of aromatic nitrogens is 5. The van der Waals surface area contributed by atoms with Gasteiger partial charge in [-0.15, -0.1) is 5.10 Å². The molecule has 2 aromatic heterocycles. The fraction of sp³-hybridized carbons (Fsp3) is 0.158. The lowest BCUT2D eigenvalue weighted by Crippen LogP contribution is -2.22. The molecule has 0 saturated heterocycles. The molecule has 4 aromatic rings. The van der Waals surface area contributed by atoms with Crippen molar-refractivity contribution in [3.63, 3.8) is 0 Å². The lowest BCUT2D eigenvalue weighted by molar-refractivity contribution is -0.00120. The molecule has 2 aromatic carbocycles. The lowest BCUT2D eigenvalue weighted by Gasteiger charge is -2.24. The van der Waals surface area contributed by atoms with E-state index >= 15 is 0 Å². The van der Waals surface area contributed by atoms with Gasteiger partial charge in [-0.1, -0.05) is 34.6 Å². The number of hydrogen-bond acceptors (Lipinski definition) is 6. The van der Waals surface area contributed by atoms with Crippen LogP contribution in [0.2, 0.25) is 0 Å². The van der Waals surface area contributed by atoms with E-state index in [0.717, 1.165) is 5.56 Å². The van der Waals surface area contributed by atoms with Crippen molar-refractivity contribution in [2.75, 3.05) is 0 Å². The van der Waals surface area contributed by atoms with Crippen molar-refractivity contribution in [1.29, 1.82) is 0 Å². The molecular formula is C19H13F2N5O2. The topological polar surface area (TPSA) is 78.9 Å². The van der Waals surface area contributed by atoms with Gasteiger partial charge in [0.2, 0.25) is 5.82 Å². The quantitative estimate of drug-likeness (QED) is 0.540. The van der Waals surface area contributed by atoms with Crippen LogP contribution in [0.4, 0.5) is 8.78 Å². The van der Waals surface area contributed by atoms with Crippen LogP contribution in [0.25, 0.3) is 23.0 Å². The summed E-state index contributed by atoms with van der Waals surface area (Å²) in [6, 6.07) is 12.1. The molecule has 1 aliphatic heterocycles. The Hall–Kier alpha value is -3.46. The highest BCUT2D eigenvalue weighted by Crippen LogP contribution is 2.31. The van der Waals surface area contributed by atoms with Gasteiger partial charge in [-0.2, -0.15) is 4.98 Å². The third-order valence-corrected chi connectivity index (χ3v) is 4.55. The molecule has 7 nitrogen and oxygen atoms in total. The summed E-state index contributed by atoms with van der Waals surface area (Å²) in [5, 5.41) is 12.2. The number of hydrogen-bond donors (Lipinski definition) is 0. The standard InChI is InChI=1S/C19H13F2N5O2/c20-13-6-4-11(5-7-13)16-9-26-15(10-27-16)17(23-25-26)19-22-18(24-28-19)12-2-1-3-14(21)8-12/h1-8,16H,9-10H2. The second kappa shape index (κ2) is 6.61. The van der Waals surface area contributed by atoms with Gasteiger partial charge in [-0.25, -0.2) is 13.5 Å². The third-order valence-electron chi connectivity index (χ3n) is 4.55. The monoisotopic (exact) mass is 381 g/mol. The fourth-order valence-electron chi connectivity index (χ4n) is 3.12. The maximum atomic E-state index is 13.4. The number of rotatable bonds is 3. The summed E-state index contributed by atoms with van der Waals surface area (Å²) in [6.07, 6.45) is -0.256. The highest BCUT2D eigenvalue weighted by molar-refractivity contribution is 5.58. The first-order valence-electron chi connectivity index (χ1n) is 8.57. The van der Waals surface area contributed by atoms with Crippen molar-refractivity contribution >= 4 is 0 Å². The smallest absolute Gasteiger partial charge is 0.280 e. The molecule has 0 amide bonds. The van der Waals surface area contributed by atoms with E-state index in [9.17, 15) is 8.78 Å². The summed E-state index contributed by atoms with van der Waals surface area (Å²) in [6.45, 7) is 0.668. The van der Waals surface area contributed by atoms with Crippen LogP contribution in [0.15, 0.2) is 53.1 Å². The number of benzene rings is 2. The van der Waals surface area contributed by atoms with E-state index in [1.54, 1.807) is 28.9 Å². The van der Waals surface area contributed by atoms with E-state index in [-0.39, 0.29) is 36.1 Å². The van der Waals surface area contributed by atoms with Crippen LogP contribution >= 0.6 is 0 Å². The Labute approximate surface area is 157 Å². The Balaban J connectivity index is 1.42. The van der Waals surface area contributed by atoms with Crippen molar-refractivity contribution in [3.05, 3.63) is 71.4 Å². The van der Waals surface area contributed by atoms with E-state index in [0.29, 0.717) is 23.5 Å². The first-order chi connectivity index (χ1) is 13.7. The first kappa shape index (κ1) is 16.7. The number of fused-ring (bicyclic) bond motifs is 1. The lowest BCUT2D eigenvalue weighted by atomic mass is 10.1. The van der Waals surface area contributed by atoms with Crippen molar-refractivity contribution in [1.82, 2.24) is 25.1 Å². The summed E-state index contributed by atoms with van der Waals surface area (Å²) in [4.78, 5) is 4.30. The zero-order chi connectivity index (χ0) is 19.1. The zero-order valence-electron chi connectivity index (χ0n) is 14.4. The maximum Gasteiger partial charge on any atom is 0.280 e. The number of nitrogens with zero attached hydrogens (tertiary/aromatic N) is 5. The average molecular weight is 381 g/mol. The van der Waals surface area contributed by atoms with Crippen LogP contribution in [0.3, 0.4) is 0 Å². The highest BCUT2D eigenvalue weighted by Gasteiger charge is 2.28. The molecule has 1 unspecified atom stereocenters. The van der Waals surface area contributed by atoms with Gasteiger partial charge in [0.05, 0.1) is 18.8 Å². The van der Waals surface area contributed by atoms with Gasteiger partial charge >= 0.3 is 0 Å². The molecule has 140 valence electrons. The maximum absolute atomic E-state index is 13.4. The van der Waals surface area contributed by atoms with Gasteiger partial charge < -0.3 is 9.26 Å². The second-order valence-corrected chi connectivity index (χ2v) is 6.35. The average Bonchev–Trinajstić information content (AvgIpc) is 3.35. The fourth-order valence-corrected chi connectivity index (χ4v) is 3.12. The third kappa shape index (κ3) is 2.95. The minimum absolute atomic E-state index is 0.185. The minimum Gasteiger partial charge on any atom is -0.365 e. The van der Waals surface area contributed by atoms with Crippen LogP contribution in [0.1, 0.15) is 17.4 Å². The molecule has 1 aliphatic rings. The van der Waals surface area contributed by atoms with Gasteiger partial charge in [0.15, 0.2) is 5.69 Å². The van der Waals surface area contributed by atoms with E-state index in [1.807, 2.05) is 0 Å². The molecule has 1 atom stereocenters. The Morgan fingerprint density at radius 2 is 1.89 bits per heavy atom. The highest BCUT2D eigenvalue weighted by atomic mass is 19.1. The predicted octanol–water partition coefficient (Wildman–Crippen LogP) is 3.54. The van der Waals surface area contributed by atoms with Crippen molar-refractivity contribution in [2.24, 2.45) is 0 Å². The SMILES string of the molecule is Fc1ccc(C2Cn3nnc(-c4nc(-c5cccc(F)c5)no4)c3CO2)cc1. The molecule has 0 bridgehead atoms. The molecule has 9 heteroatoms. The first-order valence-corrected chi connectivity index (χ1v) is 8.57. The van der Waals surface area contributed by atoms with Crippen LogP contribution in [0.5, 0.6) is 0 Å². The summed E-state index contributed by atoms with van der Waals surface area (Å²) in [7, 11) is 0. The molecule has 0 radical (unpaired) electrons. The summed E-state index contributed by atoms with van der Waals surface area (Å²) in [5.74, 6) is -0.236. The van der Waals surface area contributed by atoms with Gasteiger partial charge in [0.25, 0.3) is 5.89 Å². The number of halogens is 2. The molecule has 0 N–H and O–H groups in total. The largest absolute Gasteiger partial charge is 0.365 e. The molecule has 3 heterocycles. The summed E-state index contributed by atoms with van der Waals surface area (Å²) in [5.41, 5.74) is 2.49. The second-order valence-electron chi connectivity index (χ2n) is 6.35. The Kier molecular flexibility index (Phi) is 3.94. The van der Waals surface area contributed by atoms with Crippen LogP contribution in [-0.4, -0.2) is 25.1 Å². The minimum atomic E-state index is -0.384. The zero-order valence-corrected chi connectivity index (χ0v) is 14.4. The van der Waals surface area contributed by atoms with Gasteiger partial charge in [0.1, 0.15) is 17.7 Å². The van der Waals surface area contributed by atoms with Crippen molar-refractivity contribution in [2.45, 2.75) is 19.3 Å². The Morgan fingerprint density at radius 3 is 2.71 bits per heavy atom. The molecule has 5 rings (SSSR count). The van der Waals surface area contributed by atoms with Gasteiger partial charge in [-0.3, -0.25) is 0 Å². The van der Waals surface area contributed by atoms with Crippen LogP contribution < -0.4 is 0 Å². The van der Waals surface area contributed by atoms with E-state index < -0.39 is 0 Å². The van der Waals surface area contributed by atoms with Gasteiger partial charge in [-0.05, 0) is 29.8 Å². The summed E-state index contributed by atoms with van der Waals surface area (Å²) >= 11 is 0. The molecular weight excluding hydrogens is 368 g/mol. The Morgan fingerprint density at radius 1 is 1.04 bits per heavy atom. The van der Waals surface area contributed by atoms with Gasteiger partial charge in [0, 0.05) is 5.56 Å². The van der Waals surface area contributed by atoms with E-state index in [4.69, 9.17) is 9.26 Å². The molecule has 0 saturated carbocycles. The normalized spacial score (nSPS) is 16.1. The van der Waals surface area contributed by atoms with E-state index in [1.165, 1.54) is 24.3 Å². The Bertz CT molecular complexity index is 1140.